The van der Waals surface area contributed by atoms with Gasteiger partial charge in [-0.15, -0.1) is 0 Å². The molecule has 2 saturated carbocycles. The van der Waals surface area contributed by atoms with Gasteiger partial charge in [-0.3, -0.25) is 33.7 Å². The summed E-state index contributed by atoms with van der Waals surface area (Å²) in [5.74, 6) is -13.9. The Morgan fingerprint density at radius 3 is 2.32 bits per heavy atom. The van der Waals surface area contributed by atoms with Crippen molar-refractivity contribution in [3.8, 4) is 5.75 Å². The second-order valence-corrected chi connectivity index (χ2v) is 10.0. The van der Waals surface area contributed by atoms with Gasteiger partial charge in [-0.1, -0.05) is 25.6 Å². The standard InChI is InChI=1S/C26H28N2O9/c1-6-12(29)37-22-13-10(3)11-8-7-9(2)19(30)14(11)20(31)15(13)23(33)26(36)17(22)18(28(4)5)21(32)16(24(26)34)25(27)35/h7-8,13,15-18,22,30,36H,3,6H2,1-2,4-5H3,(H2,27,35)/t13-,15?,16?,17-,18+,22+,26+/m0/s1. The summed E-state index contributed by atoms with van der Waals surface area (Å²) in [7, 11) is 2.87. The maximum Gasteiger partial charge on any atom is 0.305 e. The molecule has 1 aromatic carbocycles. The second kappa shape index (κ2) is 8.70. The van der Waals surface area contributed by atoms with Gasteiger partial charge in [0.2, 0.25) is 5.91 Å². The number of esters is 1. The number of rotatable bonds is 4. The lowest BCUT2D eigenvalue weighted by atomic mass is 9.50. The van der Waals surface area contributed by atoms with Gasteiger partial charge >= 0.3 is 5.97 Å². The molecule has 4 rings (SSSR count). The van der Waals surface area contributed by atoms with E-state index in [2.05, 4.69) is 6.58 Å². The van der Waals surface area contributed by atoms with Crippen molar-refractivity contribution >= 4 is 40.6 Å². The number of amides is 1. The van der Waals surface area contributed by atoms with Crippen LogP contribution >= 0.6 is 0 Å². The molecule has 7 atom stereocenters. The maximum absolute atomic E-state index is 14.0. The van der Waals surface area contributed by atoms with Crippen LogP contribution in [0.3, 0.4) is 0 Å². The summed E-state index contributed by atoms with van der Waals surface area (Å²) in [5, 5.41) is 22.5. The van der Waals surface area contributed by atoms with Crippen LogP contribution in [0.1, 0.15) is 34.8 Å². The van der Waals surface area contributed by atoms with E-state index in [1.165, 1.54) is 32.0 Å². The zero-order valence-corrected chi connectivity index (χ0v) is 20.8. The minimum absolute atomic E-state index is 0.123. The number of aliphatic hydroxyl groups is 1. The smallest absolute Gasteiger partial charge is 0.305 e. The average Bonchev–Trinajstić information content (AvgIpc) is 2.82. The molecule has 4 N–H and O–H groups in total. The molecule has 1 amide bonds. The molecule has 11 nitrogen and oxygen atoms in total. The van der Waals surface area contributed by atoms with Crippen LogP contribution in [-0.4, -0.2) is 82.0 Å². The number of hydrogen-bond donors (Lipinski definition) is 3. The number of nitrogens with two attached hydrogens (primary N) is 1. The Kier molecular flexibility index (Phi) is 6.20. The van der Waals surface area contributed by atoms with E-state index in [-0.39, 0.29) is 23.1 Å². The van der Waals surface area contributed by atoms with Crippen LogP contribution in [0.15, 0.2) is 18.7 Å². The summed E-state index contributed by atoms with van der Waals surface area (Å²) in [6.07, 6.45) is -1.65. The van der Waals surface area contributed by atoms with E-state index >= 15 is 0 Å². The number of phenols is 1. The molecular formula is C26H28N2O9. The number of ether oxygens (including phenoxy) is 1. The van der Waals surface area contributed by atoms with Gasteiger partial charge in [0.25, 0.3) is 0 Å². The third-order valence-electron chi connectivity index (χ3n) is 7.82. The Labute approximate surface area is 212 Å². The number of fused-ring (bicyclic) bond motifs is 3. The number of ketones is 4. The van der Waals surface area contributed by atoms with Crippen molar-refractivity contribution in [3.05, 3.63) is 35.4 Å². The lowest BCUT2D eigenvalue weighted by Crippen LogP contribution is -2.77. The van der Waals surface area contributed by atoms with Crippen molar-refractivity contribution in [2.45, 2.75) is 38.0 Å². The van der Waals surface area contributed by atoms with Crippen LogP contribution in [-0.2, 0) is 28.7 Å². The average molecular weight is 513 g/mol. The van der Waals surface area contributed by atoms with E-state index in [1.54, 1.807) is 13.0 Å². The summed E-state index contributed by atoms with van der Waals surface area (Å²) in [6.45, 7) is 7.08. The zero-order chi connectivity index (χ0) is 27.7. The van der Waals surface area contributed by atoms with Crippen molar-refractivity contribution in [1.29, 1.82) is 0 Å². The maximum atomic E-state index is 14.0. The lowest BCUT2D eigenvalue weighted by molar-refractivity contribution is -0.201. The number of nitrogens with zero attached hydrogens (tertiary/aromatic N) is 1. The fourth-order valence-electron chi connectivity index (χ4n) is 6.06. The molecule has 0 aliphatic heterocycles. The first kappa shape index (κ1) is 26.4. The second-order valence-electron chi connectivity index (χ2n) is 10.0. The molecule has 196 valence electrons. The van der Waals surface area contributed by atoms with Gasteiger partial charge in [0.05, 0.1) is 23.4 Å². The first-order chi connectivity index (χ1) is 17.2. The number of Topliss-reactive ketones (excluding diaryl/α,β-unsaturated/α-hetero) is 4. The molecule has 0 radical (unpaired) electrons. The van der Waals surface area contributed by atoms with Crippen LogP contribution in [0.4, 0.5) is 0 Å². The number of hydrogen-bond acceptors (Lipinski definition) is 10. The number of aryl methyl sites for hydroxylation is 1. The lowest BCUT2D eigenvalue weighted by Gasteiger charge is -2.55. The number of aromatic hydroxyl groups is 1. The van der Waals surface area contributed by atoms with Gasteiger partial charge in [-0.25, -0.2) is 0 Å². The highest BCUT2D eigenvalue weighted by atomic mass is 16.5. The van der Waals surface area contributed by atoms with Gasteiger partial charge in [-0.05, 0) is 37.7 Å². The van der Waals surface area contributed by atoms with Crippen molar-refractivity contribution in [1.82, 2.24) is 4.90 Å². The molecule has 0 aromatic heterocycles. The molecule has 2 unspecified atom stereocenters. The summed E-state index contributed by atoms with van der Waals surface area (Å²) < 4.78 is 5.68. The van der Waals surface area contributed by atoms with E-state index in [9.17, 15) is 39.0 Å². The molecule has 0 saturated heterocycles. The Bertz CT molecular complexity index is 1300. The predicted molar refractivity (Wildman–Crippen MR) is 127 cm³/mol. The first-order valence-corrected chi connectivity index (χ1v) is 11.8. The Morgan fingerprint density at radius 1 is 1.16 bits per heavy atom. The van der Waals surface area contributed by atoms with Gasteiger partial charge < -0.3 is 20.7 Å². The Morgan fingerprint density at radius 2 is 1.78 bits per heavy atom. The zero-order valence-electron chi connectivity index (χ0n) is 20.8. The largest absolute Gasteiger partial charge is 0.507 e. The number of carbonyl (C=O) groups excluding carboxylic acids is 6. The normalized spacial score (nSPS) is 33.1. The molecule has 1 aromatic rings. The van der Waals surface area contributed by atoms with Crippen molar-refractivity contribution in [2.75, 3.05) is 14.1 Å². The number of likely N-dealkylation sites (N-methyl/N-ethyl adjacent to an activating group) is 1. The minimum Gasteiger partial charge on any atom is -0.507 e. The molecule has 37 heavy (non-hydrogen) atoms. The number of benzene rings is 1. The minimum atomic E-state index is -3.06. The molecule has 0 bridgehead atoms. The summed E-state index contributed by atoms with van der Waals surface area (Å²) in [4.78, 5) is 80.6. The van der Waals surface area contributed by atoms with Crippen LogP contribution in [0.2, 0.25) is 0 Å². The van der Waals surface area contributed by atoms with Gasteiger partial charge in [0, 0.05) is 12.3 Å². The van der Waals surface area contributed by atoms with Crippen LogP contribution < -0.4 is 5.73 Å². The molecule has 3 aliphatic rings. The quantitative estimate of drug-likeness (QED) is 0.354. The summed E-state index contributed by atoms with van der Waals surface area (Å²) >= 11 is 0. The third-order valence-corrected chi connectivity index (χ3v) is 7.82. The van der Waals surface area contributed by atoms with Gasteiger partial charge in [0.1, 0.15) is 11.9 Å². The Hall–Kier alpha value is -3.70. The highest BCUT2D eigenvalue weighted by Gasteiger charge is 2.73. The van der Waals surface area contributed by atoms with E-state index in [0.717, 1.165) is 0 Å². The molecule has 0 spiro atoms. The number of primary amides is 1. The molecule has 0 heterocycles. The van der Waals surface area contributed by atoms with Crippen LogP contribution in [0, 0.1) is 30.6 Å². The summed E-state index contributed by atoms with van der Waals surface area (Å²) in [5.41, 5.74) is 2.78. The van der Waals surface area contributed by atoms with E-state index in [4.69, 9.17) is 10.5 Å². The highest BCUT2D eigenvalue weighted by Crippen LogP contribution is 2.55. The van der Waals surface area contributed by atoms with Crippen LogP contribution in [0.5, 0.6) is 5.75 Å². The fourth-order valence-corrected chi connectivity index (χ4v) is 6.06. The van der Waals surface area contributed by atoms with E-state index < -0.39 is 82.2 Å². The first-order valence-electron chi connectivity index (χ1n) is 11.8. The van der Waals surface area contributed by atoms with Crippen molar-refractivity contribution in [2.24, 2.45) is 29.4 Å². The molecule has 2 fully saturated rings. The van der Waals surface area contributed by atoms with E-state index in [0.29, 0.717) is 5.56 Å². The van der Waals surface area contributed by atoms with Crippen molar-refractivity contribution < 1.29 is 43.7 Å². The number of carbonyl (C=O) groups is 6. The molecular weight excluding hydrogens is 484 g/mol. The topological polar surface area (TPSA) is 181 Å². The SMILES string of the molecule is C=C1c2ccc(C)c(O)c2C(=O)C2C(=O)[C@@]3(O)C(=O)C(C(N)=O)C(=O)[C@H](N(C)C)[C@H]3[C@H](OC(=O)CC)[C@@H]12. The van der Waals surface area contributed by atoms with Crippen molar-refractivity contribution in [3.63, 3.8) is 0 Å². The number of phenolic OH excluding ortho intramolecular Hbond substituents is 1. The van der Waals surface area contributed by atoms with Gasteiger partial charge in [-0.2, -0.15) is 0 Å². The monoisotopic (exact) mass is 512 g/mol. The highest BCUT2D eigenvalue weighted by molar-refractivity contribution is 6.33. The predicted octanol–water partition coefficient (Wildman–Crippen LogP) is -0.422. The Balaban J connectivity index is 2.04. The van der Waals surface area contributed by atoms with Crippen LogP contribution in [0.25, 0.3) is 5.57 Å². The third kappa shape index (κ3) is 3.41. The summed E-state index contributed by atoms with van der Waals surface area (Å²) in [6, 6.07) is 1.64. The molecule has 11 heteroatoms. The fraction of sp³-hybridized carbons (Fsp3) is 0.462. The molecule has 3 aliphatic carbocycles. The van der Waals surface area contributed by atoms with E-state index in [1.807, 2.05) is 0 Å². The van der Waals surface area contributed by atoms with Gasteiger partial charge in [0.15, 0.2) is 34.7 Å².